The zero-order chi connectivity index (χ0) is 18.2. The van der Waals surface area contributed by atoms with Crippen molar-refractivity contribution in [3.63, 3.8) is 0 Å². The fourth-order valence-electron chi connectivity index (χ4n) is 3.10. The molecule has 0 aliphatic carbocycles. The summed E-state index contributed by atoms with van der Waals surface area (Å²) in [7, 11) is 0. The van der Waals surface area contributed by atoms with Crippen LogP contribution in [0.2, 0.25) is 0 Å². The van der Waals surface area contributed by atoms with E-state index in [0.29, 0.717) is 11.1 Å². The molecule has 1 unspecified atom stereocenters. The van der Waals surface area contributed by atoms with Gasteiger partial charge in [-0.05, 0) is 35.8 Å². The van der Waals surface area contributed by atoms with E-state index in [1.54, 1.807) is 6.92 Å². The van der Waals surface area contributed by atoms with E-state index in [9.17, 15) is 18.3 Å². The fraction of sp³-hybridized carbons (Fsp3) is 0.300. The summed E-state index contributed by atoms with van der Waals surface area (Å²) in [6.45, 7) is 9.29. The van der Waals surface area contributed by atoms with E-state index in [4.69, 9.17) is 0 Å². The maximum atomic E-state index is 12.8. The van der Waals surface area contributed by atoms with Crippen LogP contribution in [0.4, 0.5) is 13.2 Å². The lowest BCUT2D eigenvalue weighted by Crippen LogP contribution is -2.46. The van der Waals surface area contributed by atoms with Crippen molar-refractivity contribution in [3.05, 3.63) is 83.4 Å². The van der Waals surface area contributed by atoms with E-state index in [0.717, 1.165) is 17.7 Å². The Bertz CT molecular complexity index is 715. The van der Waals surface area contributed by atoms with Gasteiger partial charge in [0.05, 0.1) is 5.56 Å². The van der Waals surface area contributed by atoms with E-state index in [1.165, 1.54) is 12.1 Å². The first-order chi connectivity index (χ1) is 11.0. The van der Waals surface area contributed by atoms with E-state index in [-0.39, 0.29) is 0 Å². The number of hydrogen-bond acceptors (Lipinski definition) is 1. The number of halogens is 3. The molecular weight excluding hydrogens is 313 g/mol. The van der Waals surface area contributed by atoms with Crippen molar-refractivity contribution in [2.75, 3.05) is 0 Å². The predicted molar refractivity (Wildman–Crippen MR) is 89.6 cm³/mol. The minimum absolute atomic E-state index is 0.386. The molecule has 24 heavy (non-hydrogen) atoms. The summed E-state index contributed by atoms with van der Waals surface area (Å²) in [6.07, 6.45) is -4.41. The Hall–Kier alpha value is -2.07. The molecule has 1 nitrogen and oxygen atoms in total. The number of hydrogen-bond donors (Lipinski definition) is 1. The molecule has 2 aromatic carbocycles. The molecule has 0 fully saturated rings. The minimum Gasteiger partial charge on any atom is -0.380 e. The Morgan fingerprint density at radius 1 is 0.833 bits per heavy atom. The number of benzene rings is 2. The summed E-state index contributed by atoms with van der Waals surface area (Å²) in [6, 6.07) is 14.0. The molecule has 1 N–H and O–H groups in total. The largest absolute Gasteiger partial charge is 0.416 e. The van der Waals surface area contributed by atoms with Crippen molar-refractivity contribution in [2.45, 2.75) is 38.0 Å². The second kappa shape index (κ2) is 6.10. The zero-order valence-electron chi connectivity index (χ0n) is 14.0. The number of aliphatic hydroxyl groups is 1. The van der Waals surface area contributed by atoms with Gasteiger partial charge in [0.2, 0.25) is 0 Å². The molecule has 0 radical (unpaired) electrons. The molecule has 0 bridgehead atoms. The SMILES string of the molecule is C=C(C)C(O)(c1ccc(C(F)(F)F)cc1)C(C)(C)c1ccccc1. The van der Waals surface area contributed by atoms with Crippen LogP contribution in [0.25, 0.3) is 0 Å². The third-order valence-corrected chi connectivity index (χ3v) is 4.65. The van der Waals surface area contributed by atoms with E-state index in [2.05, 4.69) is 6.58 Å². The fourth-order valence-corrected chi connectivity index (χ4v) is 3.10. The van der Waals surface area contributed by atoms with Crippen LogP contribution in [-0.4, -0.2) is 5.11 Å². The third-order valence-electron chi connectivity index (χ3n) is 4.65. The molecule has 0 aliphatic rings. The summed E-state index contributed by atoms with van der Waals surface area (Å²) < 4.78 is 38.4. The molecule has 0 amide bonds. The van der Waals surface area contributed by atoms with Crippen molar-refractivity contribution in [3.8, 4) is 0 Å². The zero-order valence-corrected chi connectivity index (χ0v) is 14.0. The topological polar surface area (TPSA) is 20.2 Å². The Labute approximate surface area is 140 Å². The second-order valence-electron chi connectivity index (χ2n) is 6.56. The smallest absolute Gasteiger partial charge is 0.380 e. The lowest BCUT2D eigenvalue weighted by molar-refractivity contribution is -0.137. The normalized spacial score (nSPS) is 15.0. The lowest BCUT2D eigenvalue weighted by atomic mass is 9.64. The average molecular weight is 334 g/mol. The van der Waals surface area contributed by atoms with Crippen LogP contribution in [0.15, 0.2) is 66.7 Å². The number of alkyl halides is 3. The van der Waals surface area contributed by atoms with Crippen LogP contribution in [0.5, 0.6) is 0 Å². The first-order valence-electron chi connectivity index (χ1n) is 7.63. The Balaban J connectivity index is 2.58. The van der Waals surface area contributed by atoms with Crippen LogP contribution in [-0.2, 0) is 17.2 Å². The van der Waals surface area contributed by atoms with Gasteiger partial charge in [0.25, 0.3) is 0 Å². The monoisotopic (exact) mass is 334 g/mol. The van der Waals surface area contributed by atoms with Crippen molar-refractivity contribution in [2.24, 2.45) is 0 Å². The van der Waals surface area contributed by atoms with Crippen LogP contribution in [0.3, 0.4) is 0 Å². The molecule has 0 saturated heterocycles. The molecule has 0 aliphatic heterocycles. The Morgan fingerprint density at radius 3 is 1.71 bits per heavy atom. The summed E-state index contributed by atoms with van der Waals surface area (Å²) in [4.78, 5) is 0. The maximum absolute atomic E-state index is 12.8. The maximum Gasteiger partial charge on any atom is 0.416 e. The highest BCUT2D eigenvalue weighted by atomic mass is 19.4. The van der Waals surface area contributed by atoms with Gasteiger partial charge >= 0.3 is 6.18 Å². The first kappa shape index (κ1) is 18.3. The predicted octanol–water partition coefficient (Wildman–Crippen LogP) is 5.45. The second-order valence-corrected chi connectivity index (χ2v) is 6.56. The van der Waals surface area contributed by atoms with Crippen molar-refractivity contribution in [1.82, 2.24) is 0 Å². The Kier molecular flexibility index (Phi) is 4.64. The first-order valence-corrected chi connectivity index (χ1v) is 7.63. The molecule has 0 heterocycles. The molecular formula is C20H21F3O. The third kappa shape index (κ3) is 2.98. The molecule has 0 saturated carbocycles. The lowest BCUT2D eigenvalue weighted by Gasteiger charge is -2.44. The molecule has 1 atom stereocenters. The van der Waals surface area contributed by atoms with E-state index < -0.39 is 22.8 Å². The molecule has 0 spiro atoms. The molecule has 128 valence electrons. The molecule has 2 aromatic rings. The van der Waals surface area contributed by atoms with Gasteiger partial charge in [-0.15, -0.1) is 0 Å². The molecule has 0 aromatic heterocycles. The van der Waals surface area contributed by atoms with Gasteiger partial charge in [0, 0.05) is 5.41 Å². The van der Waals surface area contributed by atoms with Gasteiger partial charge in [-0.25, -0.2) is 0 Å². The van der Waals surface area contributed by atoms with Gasteiger partial charge < -0.3 is 5.11 Å². The van der Waals surface area contributed by atoms with Gasteiger partial charge in [-0.1, -0.05) is 62.9 Å². The highest BCUT2D eigenvalue weighted by Gasteiger charge is 2.47. The minimum atomic E-state index is -4.41. The van der Waals surface area contributed by atoms with E-state index in [1.807, 2.05) is 44.2 Å². The number of rotatable bonds is 4. The van der Waals surface area contributed by atoms with Gasteiger partial charge in [-0.2, -0.15) is 13.2 Å². The van der Waals surface area contributed by atoms with Gasteiger partial charge in [0.15, 0.2) is 0 Å². The van der Waals surface area contributed by atoms with Crippen LogP contribution in [0.1, 0.15) is 37.5 Å². The van der Waals surface area contributed by atoms with Crippen LogP contribution < -0.4 is 0 Å². The van der Waals surface area contributed by atoms with Crippen LogP contribution in [0, 0.1) is 0 Å². The highest BCUT2D eigenvalue weighted by Crippen LogP contribution is 2.46. The summed E-state index contributed by atoms with van der Waals surface area (Å²) in [5.74, 6) is 0. The van der Waals surface area contributed by atoms with Gasteiger partial charge in [0.1, 0.15) is 5.60 Å². The van der Waals surface area contributed by atoms with Crippen molar-refractivity contribution < 1.29 is 18.3 Å². The van der Waals surface area contributed by atoms with Crippen molar-refractivity contribution >= 4 is 0 Å². The molecule has 4 heteroatoms. The van der Waals surface area contributed by atoms with Crippen LogP contribution >= 0.6 is 0 Å². The standard InChI is InChI=1S/C20H21F3O/c1-14(2)19(24,18(3,4)15-8-6-5-7-9-15)16-10-12-17(13-11-16)20(21,22)23/h5-13,24H,1H2,2-4H3. The summed E-state index contributed by atoms with van der Waals surface area (Å²) >= 11 is 0. The Morgan fingerprint density at radius 2 is 1.29 bits per heavy atom. The summed E-state index contributed by atoms with van der Waals surface area (Å²) in [5, 5.41) is 11.5. The average Bonchev–Trinajstić information content (AvgIpc) is 2.53. The van der Waals surface area contributed by atoms with Gasteiger partial charge in [-0.3, -0.25) is 0 Å². The highest BCUT2D eigenvalue weighted by molar-refractivity contribution is 5.42. The quantitative estimate of drug-likeness (QED) is 0.738. The summed E-state index contributed by atoms with van der Waals surface area (Å²) in [5.41, 5.74) is -1.30. The van der Waals surface area contributed by atoms with E-state index >= 15 is 0 Å². The molecule has 2 rings (SSSR count). The van der Waals surface area contributed by atoms with Crippen molar-refractivity contribution in [1.29, 1.82) is 0 Å².